The molecule has 0 N–H and O–H groups in total. The monoisotopic (exact) mass is 268 g/mol. The topological polar surface area (TPSA) is 18.5 Å². The highest BCUT2D eigenvalue weighted by atomic mass is 16.5. The summed E-state index contributed by atoms with van der Waals surface area (Å²) in [5.74, 6) is 0.954. The minimum atomic E-state index is 0.205. The summed E-state index contributed by atoms with van der Waals surface area (Å²) in [6.07, 6.45) is 1.19. The molecule has 1 saturated heterocycles. The van der Waals surface area contributed by atoms with Crippen LogP contribution in [0.25, 0.3) is 11.1 Å². The fourth-order valence-corrected chi connectivity index (χ4v) is 2.85. The van der Waals surface area contributed by atoms with E-state index in [1.54, 1.807) is 0 Å². The van der Waals surface area contributed by atoms with Crippen molar-refractivity contribution in [3.63, 3.8) is 0 Å². The molecule has 2 heteroatoms. The van der Waals surface area contributed by atoms with Gasteiger partial charge in [0, 0.05) is 6.42 Å². The molecule has 0 unspecified atom stereocenters. The highest BCUT2D eigenvalue weighted by Gasteiger charge is 2.18. The normalized spacial score (nSPS) is 18.2. The van der Waals surface area contributed by atoms with Gasteiger partial charge in [0.2, 0.25) is 0 Å². The van der Waals surface area contributed by atoms with Crippen molar-refractivity contribution < 1.29 is 9.47 Å². The molecule has 1 heterocycles. The van der Waals surface area contributed by atoms with Crippen molar-refractivity contribution in [2.75, 3.05) is 13.2 Å². The Labute approximate surface area is 120 Å². The summed E-state index contributed by atoms with van der Waals surface area (Å²) in [4.78, 5) is 0. The first-order chi connectivity index (χ1) is 9.74. The zero-order valence-corrected chi connectivity index (χ0v) is 12.1. The molecular formula is C18H20O2. The van der Waals surface area contributed by atoms with Crippen LogP contribution in [0.4, 0.5) is 0 Å². The van der Waals surface area contributed by atoms with Crippen molar-refractivity contribution in [3.8, 4) is 16.9 Å². The second-order valence-corrected chi connectivity index (χ2v) is 5.40. The highest BCUT2D eigenvalue weighted by molar-refractivity contribution is 5.71. The van der Waals surface area contributed by atoms with E-state index in [0.717, 1.165) is 18.8 Å². The van der Waals surface area contributed by atoms with E-state index < -0.39 is 0 Å². The van der Waals surface area contributed by atoms with Crippen molar-refractivity contribution >= 4 is 0 Å². The van der Waals surface area contributed by atoms with Gasteiger partial charge in [-0.05, 0) is 48.2 Å². The third-order valence-electron chi connectivity index (χ3n) is 3.76. The SMILES string of the molecule is Cc1cc(O[C@H]2CCOC2)cc(C)c1-c1ccccc1. The minimum absolute atomic E-state index is 0.205. The summed E-state index contributed by atoms with van der Waals surface area (Å²) in [5, 5.41) is 0. The highest BCUT2D eigenvalue weighted by Crippen LogP contribution is 2.31. The van der Waals surface area contributed by atoms with Crippen LogP contribution >= 0.6 is 0 Å². The standard InChI is InChI=1S/C18H20O2/c1-13-10-17(20-16-8-9-19-12-16)11-14(2)18(13)15-6-4-3-5-7-15/h3-7,10-11,16H,8-9,12H2,1-2H3/t16-/m0/s1. The van der Waals surface area contributed by atoms with Crippen molar-refractivity contribution in [2.45, 2.75) is 26.4 Å². The number of ether oxygens (including phenoxy) is 2. The fraction of sp³-hybridized carbons (Fsp3) is 0.333. The van der Waals surface area contributed by atoms with E-state index in [1.165, 1.54) is 22.3 Å². The molecule has 3 rings (SSSR count). The zero-order valence-electron chi connectivity index (χ0n) is 12.1. The average molecular weight is 268 g/mol. The van der Waals surface area contributed by atoms with Gasteiger partial charge in [-0.2, -0.15) is 0 Å². The molecule has 1 aliphatic heterocycles. The van der Waals surface area contributed by atoms with E-state index in [4.69, 9.17) is 9.47 Å². The summed E-state index contributed by atoms with van der Waals surface area (Å²) in [7, 11) is 0. The Morgan fingerprint density at radius 2 is 1.75 bits per heavy atom. The molecule has 0 bridgehead atoms. The summed E-state index contributed by atoms with van der Waals surface area (Å²) in [6.45, 7) is 5.81. The summed E-state index contributed by atoms with van der Waals surface area (Å²) < 4.78 is 11.4. The molecule has 104 valence electrons. The Bertz CT molecular complexity index is 561. The van der Waals surface area contributed by atoms with E-state index in [2.05, 4.69) is 50.2 Å². The summed E-state index contributed by atoms with van der Waals surface area (Å²) in [5.41, 5.74) is 5.08. The van der Waals surface area contributed by atoms with Crippen molar-refractivity contribution in [1.29, 1.82) is 0 Å². The molecule has 0 saturated carbocycles. The zero-order chi connectivity index (χ0) is 13.9. The maximum Gasteiger partial charge on any atom is 0.124 e. The molecule has 1 fully saturated rings. The van der Waals surface area contributed by atoms with Gasteiger partial charge in [-0.3, -0.25) is 0 Å². The second-order valence-electron chi connectivity index (χ2n) is 5.40. The Kier molecular flexibility index (Phi) is 3.75. The maximum atomic E-state index is 6.00. The Morgan fingerprint density at radius 3 is 2.35 bits per heavy atom. The predicted octanol–water partition coefficient (Wildman–Crippen LogP) is 4.14. The molecule has 1 aliphatic rings. The van der Waals surface area contributed by atoms with Gasteiger partial charge in [0.1, 0.15) is 11.9 Å². The predicted molar refractivity (Wildman–Crippen MR) is 81.2 cm³/mol. The van der Waals surface area contributed by atoms with Gasteiger partial charge >= 0.3 is 0 Å². The number of rotatable bonds is 3. The molecule has 2 aromatic rings. The van der Waals surface area contributed by atoms with Crippen molar-refractivity contribution in [1.82, 2.24) is 0 Å². The first-order valence-corrected chi connectivity index (χ1v) is 7.15. The Hall–Kier alpha value is -1.80. The van der Waals surface area contributed by atoms with Crippen LogP contribution in [0.15, 0.2) is 42.5 Å². The largest absolute Gasteiger partial charge is 0.488 e. The number of benzene rings is 2. The molecule has 0 aromatic heterocycles. The van der Waals surface area contributed by atoms with E-state index >= 15 is 0 Å². The number of aryl methyl sites for hydroxylation is 2. The van der Waals surface area contributed by atoms with Crippen LogP contribution in [0.3, 0.4) is 0 Å². The average Bonchev–Trinajstić information content (AvgIpc) is 2.92. The minimum Gasteiger partial charge on any atom is -0.488 e. The Balaban J connectivity index is 1.90. The first-order valence-electron chi connectivity index (χ1n) is 7.15. The number of hydrogen-bond donors (Lipinski definition) is 0. The van der Waals surface area contributed by atoms with E-state index in [9.17, 15) is 0 Å². The lowest BCUT2D eigenvalue weighted by molar-refractivity contribution is 0.141. The lowest BCUT2D eigenvalue weighted by Gasteiger charge is -2.16. The van der Waals surface area contributed by atoms with Gasteiger partial charge in [-0.15, -0.1) is 0 Å². The van der Waals surface area contributed by atoms with Crippen LogP contribution in [-0.4, -0.2) is 19.3 Å². The van der Waals surface area contributed by atoms with Crippen LogP contribution in [0, 0.1) is 13.8 Å². The van der Waals surface area contributed by atoms with E-state index in [1.807, 2.05) is 6.07 Å². The van der Waals surface area contributed by atoms with Gasteiger partial charge < -0.3 is 9.47 Å². The maximum absolute atomic E-state index is 6.00. The fourth-order valence-electron chi connectivity index (χ4n) is 2.85. The molecule has 0 amide bonds. The first kappa shape index (κ1) is 13.2. The molecule has 0 spiro atoms. The van der Waals surface area contributed by atoms with Crippen molar-refractivity contribution in [2.24, 2.45) is 0 Å². The van der Waals surface area contributed by atoms with Crippen LogP contribution in [0.1, 0.15) is 17.5 Å². The van der Waals surface area contributed by atoms with Crippen LogP contribution in [0.5, 0.6) is 5.75 Å². The second kappa shape index (κ2) is 5.68. The van der Waals surface area contributed by atoms with Crippen LogP contribution in [-0.2, 0) is 4.74 Å². The Morgan fingerprint density at radius 1 is 1.05 bits per heavy atom. The van der Waals surface area contributed by atoms with E-state index in [0.29, 0.717) is 6.61 Å². The van der Waals surface area contributed by atoms with Gasteiger partial charge in [-0.1, -0.05) is 30.3 Å². The third-order valence-corrected chi connectivity index (χ3v) is 3.76. The van der Waals surface area contributed by atoms with Gasteiger partial charge in [0.15, 0.2) is 0 Å². The molecule has 20 heavy (non-hydrogen) atoms. The quantitative estimate of drug-likeness (QED) is 0.833. The molecule has 1 atom stereocenters. The lowest BCUT2D eigenvalue weighted by atomic mass is 9.95. The van der Waals surface area contributed by atoms with Gasteiger partial charge in [-0.25, -0.2) is 0 Å². The molecule has 0 radical (unpaired) electrons. The summed E-state index contributed by atoms with van der Waals surface area (Å²) in [6, 6.07) is 14.8. The third kappa shape index (κ3) is 2.70. The van der Waals surface area contributed by atoms with Crippen LogP contribution < -0.4 is 4.74 Å². The van der Waals surface area contributed by atoms with E-state index in [-0.39, 0.29) is 6.10 Å². The lowest BCUT2D eigenvalue weighted by Crippen LogP contribution is -2.15. The summed E-state index contributed by atoms with van der Waals surface area (Å²) >= 11 is 0. The molecule has 2 nitrogen and oxygen atoms in total. The van der Waals surface area contributed by atoms with Crippen LogP contribution in [0.2, 0.25) is 0 Å². The van der Waals surface area contributed by atoms with Gasteiger partial charge in [0.05, 0.1) is 13.2 Å². The number of hydrogen-bond acceptors (Lipinski definition) is 2. The van der Waals surface area contributed by atoms with Crippen molar-refractivity contribution in [3.05, 3.63) is 53.6 Å². The molecular weight excluding hydrogens is 248 g/mol. The smallest absolute Gasteiger partial charge is 0.124 e. The van der Waals surface area contributed by atoms with Gasteiger partial charge in [0.25, 0.3) is 0 Å². The molecule has 2 aromatic carbocycles. The molecule has 0 aliphatic carbocycles.